The van der Waals surface area contributed by atoms with E-state index in [-0.39, 0.29) is 22.8 Å². The number of hydrogen-bond acceptors (Lipinski definition) is 7. The highest BCUT2D eigenvalue weighted by Gasteiger charge is 2.32. The van der Waals surface area contributed by atoms with Gasteiger partial charge in [-0.25, -0.2) is 13.4 Å². The Bertz CT molecular complexity index is 1680. The second-order valence-corrected chi connectivity index (χ2v) is 14.4. The van der Waals surface area contributed by atoms with Gasteiger partial charge >= 0.3 is 0 Å². The molecular formula is C29H30N4O4S3. The van der Waals surface area contributed by atoms with E-state index >= 15 is 0 Å². The number of carbonyl (C=O) groups is 2. The first-order valence-corrected chi connectivity index (χ1v) is 16.5. The maximum absolute atomic E-state index is 13.4. The summed E-state index contributed by atoms with van der Waals surface area (Å²) in [5.41, 5.74) is 3.31. The van der Waals surface area contributed by atoms with Crippen LogP contribution in [0.2, 0.25) is 0 Å². The van der Waals surface area contributed by atoms with Crippen LogP contribution < -0.4 is 5.32 Å². The highest BCUT2D eigenvalue weighted by molar-refractivity contribution is 7.89. The van der Waals surface area contributed by atoms with Crippen molar-refractivity contribution in [3.05, 3.63) is 64.5 Å². The van der Waals surface area contributed by atoms with Gasteiger partial charge in [0.15, 0.2) is 0 Å². The van der Waals surface area contributed by atoms with Crippen LogP contribution in [0.25, 0.3) is 20.8 Å². The lowest BCUT2D eigenvalue weighted by Gasteiger charge is -2.32. The topological polar surface area (TPSA) is 99.7 Å². The van der Waals surface area contributed by atoms with Crippen molar-refractivity contribution in [1.29, 1.82) is 0 Å². The Balaban J connectivity index is 1.31. The summed E-state index contributed by atoms with van der Waals surface area (Å²) in [5, 5.41) is 4.61. The van der Waals surface area contributed by atoms with Gasteiger partial charge in [-0.05, 0) is 68.1 Å². The summed E-state index contributed by atoms with van der Waals surface area (Å²) in [5.74, 6) is -0.292. The summed E-state index contributed by atoms with van der Waals surface area (Å²) in [6.07, 6.45) is 3.43. The SMILES string of the molecule is CC(=O)N1CCc2c(sc(NC(=O)c3ccc(S(=O)(=O)N4CCCCC4C)cc3)c2-c2nc3ccccc3s2)C1. The second-order valence-electron chi connectivity index (χ2n) is 10.3. The molecule has 0 aliphatic carbocycles. The zero-order valence-corrected chi connectivity index (χ0v) is 24.8. The van der Waals surface area contributed by atoms with Crippen LogP contribution in [0.1, 0.15) is 53.9 Å². The third-order valence-corrected chi connectivity index (χ3v) is 11.9. The van der Waals surface area contributed by atoms with Gasteiger partial charge in [-0.2, -0.15) is 4.31 Å². The summed E-state index contributed by atoms with van der Waals surface area (Å²) >= 11 is 3.06. The Morgan fingerprint density at radius 3 is 2.52 bits per heavy atom. The van der Waals surface area contributed by atoms with E-state index in [0.717, 1.165) is 50.5 Å². The lowest BCUT2D eigenvalue weighted by atomic mass is 10.0. The molecule has 208 valence electrons. The number of aromatic nitrogens is 1. The first-order chi connectivity index (χ1) is 19.2. The van der Waals surface area contributed by atoms with E-state index in [4.69, 9.17) is 4.98 Å². The molecule has 2 aromatic heterocycles. The molecule has 1 atom stereocenters. The lowest BCUT2D eigenvalue weighted by molar-refractivity contribution is -0.129. The molecule has 8 nitrogen and oxygen atoms in total. The number of fused-ring (bicyclic) bond motifs is 2. The fraction of sp³-hybridized carbons (Fsp3) is 0.345. The average molecular weight is 595 g/mol. The molecule has 2 aromatic carbocycles. The largest absolute Gasteiger partial charge is 0.337 e. The number of anilines is 1. The van der Waals surface area contributed by atoms with Crippen LogP contribution in [0.3, 0.4) is 0 Å². The van der Waals surface area contributed by atoms with Crippen molar-refractivity contribution in [2.45, 2.75) is 57.0 Å². The van der Waals surface area contributed by atoms with Crippen LogP contribution >= 0.6 is 22.7 Å². The van der Waals surface area contributed by atoms with Gasteiger partial charge in [0.25, 0.3) is 5.91 Å². The molecule has 0 bridgehead atoms. The molecule has 1 fully saturated rings. The summed E-state index contributed by atoms with van der Waals surface area (Å²) in [6, 6.07) is 14.1. The Hall–Kier alpha value is -3.12. The van der Waals surface area contributed by atoms with Crippen molar-refractivity contribution in [3.63, 3.8) is 0 Å². The number of nitrogens with zero attached hydrogens (tertiary/aromatic N) is 3. The quantitative estimate of drug-likeness (QED) is 0.318. The maximum Gasteiger partial charge on any atom is 0.256 e. The van der Waals surface area contributed by atoms with Crippen LogP contribution in [-0.4, -0.2) is 53.6 Å². The van der Waals surface area contributed by atoms with E-state index in [1.807, 2.05) is 36.1 Å². The van der Waals surface area contributed by atoms with Crippen molar-refractivity contribution >= 4 is 59.7 Å². The number of thiazole rings is 1. The van der Waals surface area contributed by atoms with Crippen molar-refractivity contribution < 1.29 is 18.0 Å². The highest BCUT2D eigenvalue weighted by atomic mass is 32.2. The molecular weight excluding hydrogens is 565 g/mol. The van der Waals surface area contributed by atoms with Gasteiger partial charge < -0.3 is 10.2 Å². The summed E-state index contributed by atoms with van der Waals surface area (Å²) in [4.78, 5) is 33.4. The van der Waals surface area contributed by atoms with Crippen LogP contribution in [0.4, 0.5) is 5.00 Å². The Labute approximate surface area is 241 Å². The monoisotopic (exact) mass is 594 g/mol. The molecule has 0 spiro atoms. The number of piperidine rings is 1. The van der Waals surface area contributed by atoms with E-state index in [1.54, 1.807) is 34.7 Å². The number of para-hydroxylation sites is 1. The third-order valence-electron chi connectivity index (χ3n) is 7.70. The number of sulfonamides is 1. The van der Waals surface area contributed by atoms with E-state index in [2.05, 4.69) is 5.32 Å². The van der Waals surface area contributed by atoms with Crippen molar-refractivity contribution in [2.75, 3.05) is 18.4 Å². The smallest absolute Gasteiger partial charge is 0.256 e. The van der Waals surface area contributed by atoms with Gasteiger partial charge in [0.2, 0.25) is 15.9 Å². The molecule has 11 heteroatoms. The number of amides is 2. The van der Waals surface area contributed by atoms with E-state index in [0.29, 0.717) is 36.6 Å². The van der Waals surface area contributed by atoms with Gasteiger partial charge in [0.05, 0.1) is 21.7 Å². The molecule has 0 radical (unpaired) electrons. The van der Waals surface area contributed by atoms with Crippen LogP contribution in [-0.2, 0) is 27.8 Å². The molecule has 1 unspecified atom stereocenters. The number of benzene rings is 2. The molecule has 6 rings (SSSR count). The van der Waals surface area contributed by atoms with Crippen LogP contribution in [0.5, 0.6) is 0 Å². The number of rotatable bonds is 5. The molecule has 1 N–H and O–H groups in total. The molecule has 1 saturated heterocycles. The van der Waals surface area contributed by atoms with Crippen molar-refractivity contribution in [3.8, 4) is 10.6 Å². The predicted molar refractivity (Wildman–Crippen MR) is 159 cm³/mol. The number of nitrogens with one attached hydrogen (secondary N) is 1. The molecule has 4 heterocycles. The lowest BCUT2D eigenvalue weighted by Crippen LogP contribution is -2.41. The van der Waals surface area contributed by atoms with E-state index in [9.17, 15) is 18.0 Å². The molecule has 2 amide bonds. The Morgan fingerprint density at radius 1 is 1.02 bits per heavy atom. The molecule has 0 saturated carbocycles. The van der Waals surface area contributed by atoms with Crippen molar-refractivity contribution in [1.82, 2.24) is 14.2 Å². The van der Waals surface area contributed by atoms with Crippen LogP contribution in [0.15, 0.2) is 53.4 Å². The summed E-state index contributed by atoms with van der Waals surface area (Å²) < 4.78 is 29.1. The zero-order valence-electron chi connectivity index (χ0n) is 22.3. The first kappa shape index (κ1) is 27.1. The molecule has 40 heavy (non-hydrogen) atoms. The third kappa shape index (κ3) is 4.96. The number of thiophene rings is 1. The Kier molecular flexibility index (Phi) is 7.24. The number of hydrogen-bond donors (Lipinski definition) is 1. The Morgan fingerprint density at radius 2 is 1.80 bits per heavy atom. The minimum absolute atomic E-state index is 0.0279. The summed E-state index contributed by atoms with van der Waals surface area (Å²) in [6.45, 7) is 5.16. The van der Waals surface area contributed by atoms with Gasteiger partial charge in [-0.1, -0.05) is 18.6 Å². The van der Waals surface area contributed by atoms with Gasteiger partial charge in [-0.15, -0.1) is 22.7 Å². The molecule has 2 aliphatic rings. The van der Waals surface area contributed by atoms with Gasteiger partial charge in [-0.3, -0.25) is 9.59 Å². The normalized spacial score (nSPS) is 18.1. The second kappa shape index (κ2) is 10.7. The van der Waals surface area contributed by atoms with Crippen molar-refractivity contribution in [2.24, 2.45) is 0 Å². The standard InChI is InChI=1S/C29H30N4O4S3/c1-18-7-5-6-15-33(18)40(36,37)21-12-10-20(11-13-21)27(35)31-29-26(28-30-23-8-3-4-9-24(23)38-28)22-14-16-32(19(2)34)17-25(22)39-29/h3-4,8-13,18H,5-7,14-17H2,1-2H3,(H,31,35). The minimum atomic E-state index is -3.62. The first-order valence-electron chi connectivity index (χ1n) is 13.4. The highest BCUT2D eigenvalue weighted by Crippen LogP contribution is 2.46. The van der Waals surface area contributed by atoms with E-state index < -0.39 is 10.0 Å². The zero-order chi connectivity index (χ0) is 28.0. The average Bonchev–Trinajstić information content (AvgIpc) is 3.53. The van der Waals surface area contributed by atoms with Gasteiger partial charge in [0.1, 0.15) is 10.0 Å². The molecule has 4 aromatic rings. The number of carbonyl (C=O) groups excluding carboxylic acids is 2. The fourth-order valence-corrected chi connectivity index (χ4v) is 9.55. The fourth-order valence-electron chi connectivity index (χ4n) is 5.48. The minimum Gasteiger partial charge on any atom is -0.337 e. The van der Waals surface area contributed by atoms with E-state index in [1.165, 1.54) is 23.5 Å². The van der Waals surface area contributed by atoms with Crippen LogP contribution in [0, 0.1) is 0 Å². The predicted octanol–water partition coefficient (Wildman–Crippen LogP) is 5.74. The molecule has 2 aliphatic heterocycles. The maximum atomic E-state index is 13.4. The summed E-state index contributed by atoms with van der Waals surface area (Å²) in [7, 11) is -3.62. The van der Waals surface area contributed by atoms with Gasteiger partial charge in [0, 0.05) is 42.1 Å².